The smallest absolute Gasteiger partial charge is 0.416 e. The van der Waals surface area contributed by atoms with Crippen LogP contribution in [0.2, 0.25) is 4.34 Å². The Kier molecular flexibility index (Phi) is 6.97. The number of carbonyl (C=O) groups excluding carboxylic acids is 1. The molecule has 1 aliphatic rings. The summed E-state index contributed by atoms with van der Waals surface area (Å²) in [5, 5.41) is 0.504. The topological polar surface area (TPSA) is 42.4 Å². The molecule has 1 aromatic heterocycles. The molecular formula is C21H21ClF6N2O2S. The van der Waals surface area contributed by atoms with Crippen molar-refractivity contribution < 1.29 is 35.9 Å². The van der Waals surface area contributed by atoms with Crippen LogP contribution in [0.15, 0.2) is 18.2 Å². The van der Waals surface area contributed by atoms with Gasteiger partial charge < -0.3 is 9.64 Å². The maximum Gasteiger partial charge on any atom is 0.416 e. The van der Waals surface area contributed by atoms with Crippen LogP contribution in [0.25, 0.3) is 11.3 Å². The lowest BCUT2D eigenvalue weighted by atomic mass is 9.97. The Labute approximate surface area is 195 Å². The highest BCUT2D eigenvalue weighted by Gasteiger charge is 2.37. The number of nitrogens with zero attached hydrogens (tertiary/aromatic N) is 2. The number of ether oxygens (including phenoxy) is 1. The summed E-state index contributed by atoms with van der Waals surface area (Å²) in [6.07, 6.45) is -9.34. The van der Waals surface area contributed by atoms with Crippen LogP contribution in [0.1, 0.15) is 55.7 Å². The van der Waals surface area contributed by atoms with Crippen molar-refractivity contribution in [3.63, 3.8) is 0 Å². The van der Waals surface area contributed by atoms with E-state index in [-0.39, 0.29) is 27.6 Å². The number of hydrogen-bond donors (Lipinski definition) is 0. The SMILES string of the molecule is CC(C)(C)OC(=O)N1CCC(c2nc(-c3cc(C(F)(F)F)cc(C(F)(F)F)c3)c(Cl)s2)CC1. The molecule has 1 aromatic carbocycles. The molecule has 2 aromatic rings. The van der Waals surface area contributed by atoms with Crippen LogP contribution in [0.5, 0.6) is 0 Å². The maximum atomic E-state index is 13.2. The first-order valence-corrected chi connectivity index (χ1v) is 11.2. The van der Waals surface area contributed by atoms with Crippen molar-refractivity contribution in [2.45, 2.75) is 57.5 Å². The van der Waals surface area contributed by atoms with Gasteiger partial charge in [-0.15, -0.1) is 11.3 Å². The predicted molar refractivity (Wildman–Crippen MR) is 112 cm³/mol. The minimum Gasteiger partial charge on any atom is -0.444 e. The lowest BCUT2D eigenvalue weighted by Gasteiger charge is -2.32. The molecule has 3 rings (SSSR count). The van der Waals surface area contributed by atoms with Gasteiger partial charge in [0.1, 0.15) is 15.6 Å². The molecular weight excluding hydrogens is 494 g/mol. The van der Waals surface area contributed by atoms with Crippen molar-refractivity contribution in [2.75, 3.05) is 13.1 Å². The van der Waals surface area contributed by atoms with Crippen molar-refractivity contribution in [1.29, 1.82) is 0 Å². The summed E-state index contributed by atoms with van der Waals surface area (Å²) in [7, 11) is 0. The molecule has 0 aliphatic carbocycles. The number of benzene rings is 1. The molecule has 0 N–H and O–H groups in total. The minimum atomic E-state index is -4.96. The second-order valence-electron chi connectivity index (χ2n) is 8.71. The van der Waals surface area contributed by atoms with E-state index >= 15 is 0 Å². The van der Waals surface area contributed by atoms with Gasteiger partial charge in [-0.2, -0.15) is 26.3 Å². The third kappa shape index (κ3) is 6.32. The summed E-state index contributed by atoms with van der Waals surface area (Å²) in [4.78, 5) is 18.1. The maximum absolute atomic E-state index is 13.2. The van der Waals surface area contributed by atoms with Crippen LogP contribution in [0.4, 0.5) is 31.1 Å². The Morgan fingerprint density at radius 2 is 1.55 bits per heavy atom. The molecule has 4 nitrogen and oxygen atoms in total. The molecule has 0 bridgehead atoms. The van der Waals surface area contributed by atoms with Crippen LogP contribution in [-0.2, 0) is 17.1 Å². The first-order valence-electron chi connectivity index (χ1n) is 9.98. The van der Waals surface area contributed by atoms with Crippen LogP contribution >= 0.6 is 22.9 Å². The Balaban J connectivity index is 1.84. The monoisotopic (exact) mass is 514 g/mol. The number of aromatic nitrogens is 1. The Morgan fingerprint density at radius 3 is 2.00 bits per heavy atom. The lowest BCUT2D eigenvalue weighted by Crippen LogP contribution is -2.41. The molecule has 0 atom stereocenters. The Bertz CT molecular complexity index is 989. The van der Waals surface area contributed by atoms with Gasteiger partial charge in [-0.25, -0.2) is 9.78 Å². The van der Waals surface area contributed by atoms with E-state index in [0.717, 1.165) is 11.3 Å². The van der Waals surface area contributed by atoms with Crippen LogP contribution < -0.4 is 0 Å². The van der Waals surface area contributed by atoms with E-state index in [1.54, 1.807) is 25.7 Å². The van der Waals surface area contributed by atoms with Gasteiger partial charge in [0.05, 0.1) is 16.1 Å². The van der Waals surface area contributed by atoms with Crippen molar-refractivity contribution in [1.82, 2.24) is 9.88 Å². The van der Waals surface area contributed by atoms with Crippen LogP contribution in [-0.4, -0.2) is 34.7 Å². The third-order valence-corrected chi connectivity index (χ3v) is 6.38. The highest BCUT2D eigenvalue weighted by atomic mass is 35.5. The average molecular weight is 515 g/mol. The molecule has 0 unspecified atom stereocenters. The quantitative estimate of drug-likeness (QED) is 0.387. The van der Waals surface area contributed by atoms with Gasteiger partial charge in [0, 0.05) is 24.6 Å². The van der Waals surface area contributed by atoms with E-state index in [0.29, 0.717) is 43.1 Å². The number of piperidine rings is 1. The average Bonchev–Trinajstić information content (AvgIpc) is 3.07. The lowest BCUT2D eigenvalue weighted by molar-refractivity contribution is -0.143. The van der Waals surface area contributed by atoms with Gasteiger partial charge in [-0.3, -0.25) is 0 Å². The summed E-state index contributed by atoms with van der Waals surface area (Å²) in [5.74, 6) is -0.132. The van der Waals surface area contributed by atoms with E-state index in [1.165, 1.54) is 0 Å². The zero-order valence-electron chi connectivity index (χ0n) is 17.9. The second-order valence-corrected chi connectivity index (χ2v) is 10.3. The Morgan fingerprint density at radius 1 is 1.03 bits per heavy atom. The summed E-state index contributed by atoms with van der Waals surface area (Å²) in [6, 6.07) is 1.30. The largest absolute Gasteiger partial charge is 0.444 e. The van der Waals surface area contributed by atoms with Crippen LogP contribution in [0.3, 0.4) is 0 Å². The molecule has 1 amide bonds. The predicted octanol–water partition coefficient (Wildman–Crippen LogP) is 7.62. The first kappa shape index (κ1) is 25.6. The molecule has 33 heavy (non-hydrogen) atoms. The molecule has 182 valence electrons. The zero-order valence-corrected chi connectivity index (χ0v) is 19.5. The first-order chi connectivity index (χ1) is 15.0. The van der Waals surface area contributed by atoms with Crippen molar-refractivity contribution >= 4 is 29.0 Å². The molecule has 0 spiro atoms. The summed E-state index contributed by atoms with van der Waals surface area (Å²) < 4.78 is 84.5. The molecule has 1 saturated heterocycles. The van der Waals surface area contributed by atoms with Gasteiger partial charge in [0.15, 0.2) is 0 Å². The number of halogens is 7. The van der Waals surface area contributed by atoms with E-state index < -0.39 is 35.2 Å². The summed E-state index contributed by atoms with van der Waals surface area (Å²) >= 11 is 7.21. The van der Waals surface area contributed by atoms with Gasteiger partial charge in [-0.05, 0) is 51.8 Å². The number of hydrogen-bond acceptors (Lipinski definition) is 4. The number of rotatable bonds is 2. The molecule has 0 radical (unpaired) electrons. The van der Waals surface area contributed by atoms with Crippen molar-refractivity contribution in [3.05, 3.63) is 38.7 Å². The fourth-order valence-electron chi connectivity index (χ4n) is 3.40. The zero-order chi connectivity index (χ0) is 24.8. The number of thiazole rings is 1. The number of amides is 1. The van der Waals surface area contributed by atoms with E-state index in [9.17, 15) is 31.1 Å². The summed E-state index contributed by atoms with van der Waals surface area (Å²) in [5.41, 5.74) is -3.96. The fraction of sp³-hybridized carbons (Fsp3) is 0.524. The van der Waals surface area contributed by atoms with E-state index in [1.807, 2.05) is 0 Å². The van der Waals surface area contributed by atoms with Crippen molar-refractivity contribution in [2.24, 2.45) is 0 Å². The van der Waals surface area contributed by atoms with Crippen molar-refractivity contribution in [3.8, 4) is 11.3 Å². The third-order valence-electron chi connectivity index (χ3n) is 4.96. The minimum absolute atomic E-state index is 0.00650. The molecule has 12 heteroatoms. The van der Waals surface area contributed by atoms with Gasteiger partial charge in [0.25, 0.3) is 0 Å². The molecule has 1 fully saturated rings. The Hall–Kier alpha value is -2.01. The van der Waals surface area contributed by atoms with Crippen LogP contribution in [0, 0.1) is 0 Å². The molecule has 2 heterocycles. The normalized spacial score (nSPS) is 16.2. The van der Waals surface area contributed by atoms with Gasteiger partial charge in [0.2, 0.25) is 0 Å². The van der Waals surface area contributed by atoms with E-state index in [2.05, 4.69) is 4.98 Å². The number of carbonyl (C=O) groups is 1. The fourth-order valence-corrected chi connectivity index (χ4v) is 4.77. The standard InChI is InChI=1S/C21H21ClF6N2O2S/c1-19(2,3)32-18(31)30-6-4-11(5-7-30)17-29-15(16(22)33-17)12-8-13(20(23,24)25)10-14(9-12)21(26,27)28/h8-11H,4-7H2,1-3H3. The highest BCUT2D eigenvalue weighted by Crippen LogP contribution is 2.43. The molecule has 1 aliphatic heterocycles. The highest BCUT2D eigenvalue weighted by molar-refractivity contribution is 7.16. The van der Waals surface area contributed by atoms with Gasteiger partial charge in [-0.1, -0.05) is 11.6 Å². The second kappa shape index (κ2) is 8.98. The van der Waals surface area contributed by atoms with E-state index in [4.69, 9.17) is 16.3 Å². The van der Waals surface area contributed by atoms with Gasteiger partial charge >= 0.3 is 18.4 Å². The number of alkyl halides is 6. The number of likely N-dealkylation sites (tertiary alicyclic amines) is 1. The summed E-state index contributed by atoms with van der Waals surface area (Å²) in [6.45, 7) is 6.04. The molecule has 0 saturated carbocycles.